The van der Waals surface area contributed by atoms with Crippen molar-refractivity contribution >= 4 is 10.0 Å². The summed E-state index contributed by atoms with van der Waals surface area (Å²) in [6.07, 6.45) is 3.47. The van der Waals surface area contributed by atoms with Gasteiger partial charge < -0.3 is 5.32 Å². The number of nitrogens with zero attached hydrogens (tertiary/aromatic N) is 2. The molecule has 0 radical (unpaired) electrons. The van der Waals surface area contributed by atoms with Crippen LogP contribution in [0.5, 0.6) is 0 Å². The lowest BCUT2D eigenvalue weighted by Crippen LogP contribution is -2.28. The van der Waals surface area contributed by atoms with Crippen LogP contribution in [0.15, 0.2) is 42.7 Å². The molecule has 0 aliphatic carbocycles. The number of nitrogens with one attached hydrogen (secondary N) is 2. The fourth-order valence-electron chi connectivity index (χ4n) is 2.05. The van der Waals surface area contributed by atoms with Gasteiger partial charge in [0.15, 0.2) is 0 Å². The summed E-state index contributed by atoms with van der Waals surface area (Å²) in [5, 5.41) is 7.08. The Morgan fingerprint density at radius 3 is 2.76 bits per heavy atom. The fraction of sp³-hybridized carbons (Fsp3) is 0.357. The summed E-state index contributed by atoms with van der Waals surface area (Å²) in [4.78, 5) is 0. The second-order valence-electron chi connectivity index (χ2n) is 4.77. The molecule has 7 heteroatoms. The highest BCUT2D eigenvalue weighted by molar-refractivity contribution is 7.88. The summed E-state index contributed by atoms with van der Waals surface area (Å²) >= 11 is 0. The molecule has 0 atom stereocenters. The van der Waals surface area contributed by atoms with Crippen LogP contribution in [0.25, 0.3) is 0 Å². The predicted molar refractivity (Wildman–Crippen MR) is 82.1 cm³/mol. The largest absolute Gasteiger partial charge is 0.316 e. The van der Waals surface area contributed by atoms with E-state index in [1.54, 1.807) is 17.1 Å². The molecule has 1 aromatic carbocycles. The number of rotatable bonds is 8. The maximum absolute atomic E-state index is 12.0. The molecule has 0 fully saturated rings. The van der Waals surface area contributed by atoms with Crippen molar-refractivity contribution in [3.8, 4) is 0 Å². The lowest BCUT2D eigenvalue weighted by Gasteiger charge is -2.08. The highest BCUT2D eigenvalue weighted by Crippen LogP contribution is 2.08. The molecule has 0 amide bonds. The molecule has 2 rings (SSSR count). The molecule has 0 saturated heterocycles. The number of benzene rings is 1. The van der Waals surface area contributed by atoms with Crippen LogP contribution < -0.4 is 10.0 Å². The standard InChI is InChI=1S/C14H20N4O2S/c1-15-11-13-4-2-5-14(10-13)12-21(19,20)17-7-9-18-8-3-6-16-18/h2-6,8,10,15,17H,7,9,11-12H2,1H3. The molecule has 0 unspecified atom stereocenters. The minimum absolute atomic E-state index is 0.0103. The van der Waals surface area contributed by atoms with Crippen molar-refractivity contribution in [2.45, 2.75) is 18.8 Å². The Hall–Kier alpha value is -1.70. The van der Waals surface area contributed by atoms with Crippen molar-refractivity contribution in [3.05, 3.63) is 53.9 Å². The Balaban J connectivity index is 1.89. The number of hydrogen-bond donors (Lipinski definition) is 2. The highest BCUT2D eigenvalue weighted by Gasteiger charge is 2.11. The highest BCUT2D eigenvalue weighted by atomic mass is 32.2. The molecule has 1 aromatic heterocycles. The molecule has 6 nitrogen and oxygen atoms in total. The fourth-order valence-corrected chi connectivity index (χ4v) is 3.18. The molecule has 0 aliphatic heterocycles. The second-order valence-corrected chi connectivity index (χ2v) is 6.58. The third kappa shape index (κ3) is 5.30. The van der Waals surface area contributed by atoms with Gasteiger partial charge in [-0.3, -0.25) is 4.68 Å². The maximum Gasteiger partial charge on any atom is 0.215 e. The molecule has 21 heavy (non-hydrogen) atoms. The van der Waals surface area contributed by atoms with Gasteiger partial charge in [-0.2, -0.15) is 5.10 Å². The summed E-state index contributed by atoms with van der Waals surface area (Å²) in [5.41, 5.74) is 1.86. The van der Waals surface area contributed by atoms with E-state index in [2.05, 4.69) is 15.1 Å². The van der Waals surface area contributed by atoms with Gasteiger partial charge >= 0.3 is 0 Å². The summed E-state index contributed by atoms with van der Waals surface area (Å²) in [7, 11) is -1.47. The van der Waals surface area contributed by atoms with Crippen LogP contribution in [0.1, 0.15) is 11.1 Å². The zero-order chi connectivity index (χ0) is 15.1. The Morgan fingerprint density at radius 1 is 1.24 bits per heavy atom. The first-order chi connectivity index (χ1) is 10.1. The van der Waals surface area contributed by atoms with Crippen LogP contribution >= 0.6 is 0 Å². The first-order valence-corrected chi connectivity index (χ1v) is 8.41. The van der Waals surface area contributed by atoms with E-state index >= 15 is 0 Å². The molecule has 0 spiro atoms. The van der Waals surface area contributed by atoms with Crippen LogP contribution in [0, 0.1) is 0 Å². The lowest BCUT2D eigenvalue weighted by molar-refractivity contribution is 0.560. The number of hydrogen-bond acceptors (Lipinski definition) is 4. The first-order valence-electron chi connectivity index (χ1n) is 6.76. The van der Waals surface area contributed by atoms with E-state index in [4.69, 9.17) is 0 Å². The Morgan fingerprint density at radius 2 is 2.05 bits per heavy atom. The van der Waals surface area contributed by atoms with Gasteiger partial charge in [-0.1, -0.05) is 24.3 Å². The third-order valence-electron chi connectivity index (χ3n) is 2.95. The predicted octanol–water partition coefficient (Wildman–Crippen LogP) is 0.722. The van der Waals surface area contributed by atoms with Crippen LogP contribution in [-0.4, -0.2) is 31.8 Å². The normalized spacial score (nSPS) is 11.7. The van der Waals surface area contributed by atoms with Gasteiger partial charge in [0.1, 0.15) is 0 Å². The van der Waals surface area contributed by atoms with E-state index in [0.717, 1.165) is 17.7 Å². The van der Waals surface area contributed by atoms with Crippen molar-refractivity contribution in [1.82, 2.24) is 19.8 Å². The Bertz CT molecular complexity index is 653. The maximum atomic E-state index is 12.0. The van der Waals surface area contributed by atoms with E-state index in [0.29, 0.717) is 13.1 Å². The minimum Gasteiger partial charge on any atom is -0.316 e. The van der Waals surface area contributed by atoms with Gasteiger partial charge in [-0.25, -0.2) is 13.1 Å². The van der Waals surface area contributed by atoms with Crippen molar-refractivity contribution < 1.29 is 8.42 Å². The van der Waals surface area contributed by atoms with Crippen molar-refractivity contribution in [1.29, 1.82) is 0 Å². The van der Waals surface area contributed by atoms with Crippen LogP contribution in [0.2, 0.25) is 0 Å². The smallest absolute Gasteiger partial charge is 0.215 e. The number of aromatic nitrogens is 2. The van der Waals surface area contributed by atoms with Crippen molar-refractivity contribution in [2.75, 3.05) is 13.6 Å². The summed E-state index contributed by atoms with van der Waals surface area (Å²) in [6.45, 7) is 1.58. The summed E-state index contributed by atoms with van der Waals surface area (Å²) in [6, 6.07) is 9.38. The van der Waals surface area contributed by atoms with E-state index in [-0.39, 0.29) is 5.75 Å². The molecule has 2 aromatic rings. The zero-order valence-corrected chi connectivity index (χ0v) is 12.8. The molecular formula is C14H20N4O2S. The van der Waals surface area contributed by atoms with E-state index in [1.165, 1.54) is 0 Å². The van der Waals surface area contributed by atoms with Crippen LogP contribution in [0.3, 0.4) is 0 Å². The average molecular weight is 308 g/mol. The van der Waals surface area contributed by atoms with Gasteiger partial charge in [-0.15, -0.1) is 0 Å². The zero-order valence-electron chi connectivity index (χ0n) is 12.0. The molecule has 0 bridgehead atoms. The van der Waals surface area contributed by atoms with Gasteiger partial charge in [-0.05, 0) is 24.2 Å². The molecular weight excluding hydrogens is 288 g/mol. The van der Waals surface area contributed by atoms with Crippen LogP contribution in [-0.2, 0) is 28.9 Å². The van der Waals surface area contributed by atoms with Crippen LogP contribution in [0.4, 0.5) is 0 Å². The number of sulfonamides is 1. The van der Waals surface area contributed by atoms with Gasteiger partial charge in [0, 0.05) is 25.5 Å². The third-order valence-corrected chi connectivity index (χ3v) is 4.31. The monoisotopic (exact) mass is 308 g/mol. The topological polar surface area (TPSA) is 76.0 Å². The van der Waals surface area contributed by atoms with E-state index in [1.807, 2.05) is 37.4 Å². The van der Waals surface area contributed by atoms with Gasteiger partial charge in [0.2, 0.25) is 10.0 Å². The lowest BCUT2D eigenvalue weighted by atomic mass is 10.1. The van der Waals surface area contributed by atoms with Crippen molar-refractivity contribution in [3.63, 3.8) is 0 Å². The average Bonchev–Trinajstić information content (AvgIpc) is 2.92. The van der Waals surface area contributed by atoms with Gasteiger partial charge in [0.25, 0.3) is 0 Å². The molecule has 0 saturated carbocycles. The summed E-state index contributed by atoms with van der Waals surface area (Å²) < 4.78 is 28.4. The molecule has 0 aliphatic rings. The molecule has 114 valence electrons. The molecule has 1 heterocycles. The first kappa shape index (κ1) is 15.7. The van der Waals surface area contributed by atoms with E-state index < -0.39 is 10.0 Å². The minimum atomic E-state index is -3.33. The van der Waals surface area contributed by atoms with Gasteiger partial charge in [0.05, 0.1) is 12.3 Å². The Labute approximate surface area is 125 Å². The second kappa shape index (κ2) is 7.35. The molecule has 2 N–H and O–H groups in total. The van der Waals surface area contributed by atoms with Crippen molar-refractivity contribution in [2.24, 2.45) is 0 Å². The summed E-state index contributed by atoms with van der Waals surface area (Å²) in [5.74, 6) is -0.0103. The quantitative estimate of drug-likeness (QED) is 0.753. The Kier molecular flexibility index (Phi) is 5.49. The SMILES string of the molecule is CNCc1cccc(CS(=O)(=O)NCCn2cccn2)c1. The van der Waals surface area contributed by atoms with E-state index in [9.17, 15) is 8.42 Å².